The average Bonchev–Trinajstić information content (AvgIpc) is 3.04. The van der Waals surface area contributed by atoms with Gasteiger partial charge in [-0.15, -0.1) is 0 Å². The first-order valence-electron chi connectivity index (χ1n) is 8.12. The number of pyridine rings is 1. The van der Waals surface area contributed by atoms with E-state index in [2.05, 4.69) is 6.92 Å². The predicted octanol–water partition coefficient (Wildman–Crippen LogP) is 3.45. The summed E-state index contributed by atoms with van der Waals surface area (Å²) in [6, 6.07) is 9.26. The molecule has 3 rings (SSSR count). The number of ether oxygens (including phenoxy) is 1. The van der Waals surface area contributed by atoms with E-state index in [4.69, 9.17) is 4.74 Å². The summed E-state index contributed by atoms with van der Waals surface area (Å²) in [7, 11) is 0. The van der Waals surface area contributed by atoms with Crippen LogP contribution in [-0.4, -0.2) is 17.0 Å². The van der Waals surface area contributed by atoms with E-state index in [1.54, 1.807) is 17.6 Å². The second kappa shape index (κ2) is 6.41. The molecule has 0 unspecified atom stereocenters. The Morgan fingerprint density at radius 3 is 2.65 bits per heavy atom. The molecule has 120 valence electrons. The Kier molecular flexibility index (Phi) is 4.33. The standard InChI is InChI=1S/C19H21NO3/c1-3-11-23-15-8-6-14(7-9-15)17-12-16(13(2)21)18-5-4-10-20(18)19(17)22/h6-9,12H,3-5,10-11H2,1-2H3. The van der Waals surface area contributed by atoms with Crippen molar-refractivity contribution in [1.29, 1.82) is 0 Å². The van der Waals surface area contributed by atoms with Gasteiger partial charge >= 0.3 is 0 Å². The Labute approximate surface area is 135 Å². The SMILES string of the molecule is CCCOc1ccc(-c2cc(C(C)=O)c3n(c2=O)CCC3)cc1. The first kappa shape index (κ1) is 15.5. The van der Waals surface area contributed by atoms with Crippen LogP contribution in [0.4, 0.5) is 0 Å². The summed E-state index contributed by atoms with van der Waals surface area (Å²) < 4.78 is 7.33. The fourth-order valence-corrected chi connectivity index (χ4v) is 3.08. The first-order valence-corrected chi connectivity index (χ1v) is 8.12. The summed E-state index contributed by atoms with van der Waals surface area (Å²) in [6.07, 6.45) is 2.67. The monoisotopic (exact) mass is 311 g/mol. The minimum Gasteiger partial charge on any atom is -0.494 e. The molecule has 0 aliphatic carbocycles. The number of carbonyl (C=O) groups is 1. The van der Waals surface area contributed by atoms with Gasteiger partial charge in [-0.2, -0.15) is 0 Å². The van der Waals surface area contributed by atoms with Gasteiger partial charge in [0.1, 0.15) is 5.75 Å². The van der Waals surface area contributed by atoms with Crippen LogP contribution in [0.5, 0.6) is 5.75 Å². The van der Waals surface area contributed by atoms with E-state index in [1.165, 1.54) is 0 Å². The molecule has 2 heterocycles. The van der Waals surface area contributed by atoms with E-state index in [0.717, 1.165) is 36.3 Å². The van der Waals surface area contributed by atoms with Crippen molar-refractivity contribution in [2.45, 2.75) is 39.7 Å². The van der Waals surface area contributed by atoms with E-state index in [0.29, 0.717) is 24.3 Å². The summed E-state index contributed by atoms with van der Waals surface area (Å²) >= 11 is 0. The number of carbonyl (C=O) groups excluding carboxylic acids is 1. The Balaban J connectivity index is 2.04. The minimum absolute atomic E-state index is 0.00951. The molecule has 0 N–H and O–H groups in total. The largest absolute Gasteiger partial charge is 0.494 e. The van der Waals surface area contributed by atoms with Crippen LogP contribution in [0.15, 0.2) is 35.1 Å². The second-order valence-corrected chi connectivity index (χ2v) is 5.91. The molecule has 0 atom stereocenters. The number of hydrogen-bond donors (Lipinski definition) is 0. The van der Waals surface area contributed by atoms with Crippen molar-refractivity contribution in [2.75, 3.05) is 6.61 Å². The van der Waals surface area contributed by atoms with Crippen molar-refractivity contribution in [2.24, 2.45) is 0 Å². The van der Waals surface area contributed by atoms with Crippen LogP contribution in [0.3, 0.4) is 0 Å². The zero-order chi connectivity index (χ0) is 16.4. The van der Waals surface area contributed by atoms with Gasteiger partial charge in [0.15, 0.2) is 5.78 Å². The van der Waals surface area contributed by atoms with E-state index < -0.39 is 0 Å². The van der Waals surface area contributed by atoms with Crippen LogP contribution in [0.25, 0.3) is 11.1 Å². The van der Waals surface area contributed by atoms with E-state index in [-0.39, 0.29) is 11.3 Å². The summed E-state index contributed by atoms with van der Waals surface area (Å²) in [5, 5.41) is 0. The lowest BCUT2D eigenvalue weighted by Gasteiger charge is -2.12. The number of ketones is 1. The van der Waals surface area contributed by atoms with Crippen molar-refractivity contribution in [1.82, 2.24) is 4.57 Å². The first-order chi connectivity index (χ1) is 11.1. The molecule has 0 bridgehead atoms. The smallest absolute Gasteiger partial charge is 0.258 e. The van der Waals surface area contributed by atoms with E-state index in [9.17, 15) is 9.59 Å². The molecule has 1 aromatic carbocycles. The number of Topliss-reactive ketones (excluding diaryl/α,β-unsaturated/α-hetero) is 1. The molecular weight excluding hydrogens is 290 g/mol. The lowest BCUT2D eigenvalue weighted by atomic mass is 10.0. The van der Waals surface area contributed by atoms with Crippen molar-refractivity contribution >= 4 is 5.78 Å². The van der Waals surface area contributed by atoms with Crippen molar-refractivity contribution < 1.29 is 9.53 Å². The molecule has 1 aromatic heterocycles. The van der Waals surface area contributed by atoms with Crippen LogP contribution in [0.2, 0.25) is 0 Å². The Morgan fingerprint density at radius 1 is 1.26 bits per heavy atom. The number of hydrogen-bond acceptors (Lipinski definition) is 3. The number of aromatic nitrogens is 1. The van der Waals surface area contributed by atoms with Gasteiger partial charge in [0.2, 0.25) is 0 Å². The molecule has 1 aliphatic heterocycles. The molecule has 2 aromatic rings. The van der Waals surface area contributed by atoms with Crippen LogP contribution >= 0.6 is 0 Å². The lowest BCUT2D eigenvalue weighted by molar-refractivity contribution is 0.101. The summed E-state index contributed by atoms with van der Waals surface area (Å²) in [5.41, 5.74) is 2.95. The summed E-state index contributed by atoms with van der Waals surface area (Å²) in [6.45, 7) is 4.99. The summed E-state index contributed by atoms with van der Waals surface area (Å²) in [5.74, 6) is 0.809. The van der Waals surface area contributed by atoms with Crippen LogP contribution in [0.1, 0.15) is 42.7 Å². The van der Waals surface area contributed by atoms with E-state index >= 15 is 0 Å². The topological polar surface area (TPSA) is 48.3 Å². The quantitative estimate of drug-likeness (QED) is 0.795. The van der Waals surface area contributed by atoms with Gasteiger partial charge in [0.05, 0.1) is 6.61 Å². The number of fused-ring (bicyclic) bond motifs is 1. The number of benzene rings is 1. The van der Waals surface area contributed by atoms with Crippen LogP contribution in [0, 0.1) is 0 Å². The zero-order valence-electron chi connectivity index (χ0n) is 13.6. The number of nitrogens with zero attached hydrogens (tertiary/aromatic N) is 1. The maximum atomic E-state index is 12.7. The van der Waals surface area contributed by atoms with Gasteiger partial charge in [0.25, 0.3) is 5.56 Å². The van der Waals surface area contributed by atoms with Crippen LogP contribution in [-0.2, 0) is 13.0 Å². The fourth-order valence-electron chi connectivity index (χ4n) is 3.08. The molecule has 0 saturated heterocycles. The Morgan fingerprint density at radius 2 is 2.00 bits per heavy atom. The van der Waals surface area contributed by atoms with Gasteiger partial charge in [-0.1, -0.05) is 19.1 Å². The van der Waals surface area contributed by atoms with Crippen LogP contribution < -0.4 is 10.3 Å². The van der Waals surface area contributed by atoms with Gasteiger partial charge in [-0.25, -0.2) is 0 Å². The van der Waals surface area contributed by atoms with Gasteiger partial charge < -0.3 is 9.30 Å². The molecule has 0 radical (unpaired) electrons. The fraction of sp³-hybridized carbons (Fsp3) is 0.368. The van der Waals surface area contributed by atoms with Crippen molar-refractivity contribution in [3.8, 4) is 16.9 Å². The molecular formula is C19H21NO3. The zero-order valence-corrected chi connectivity index (χ0v) is 13.6. The molecule has 0 fully saturated rings. The van der Waals surface area contributed by atoms with Crippen molar-refractivity contribution in [3.05, 3.63) is 51.9 Å². The van der Waals surface area contributed by atoms with Gasteiger partial charge in [-0.3, -0.25) is 9.59 Å². The lowest BCUT2D eigenvalue weighted by Crippen LogP contribution is -2.23. The molecule has 0 saturated carbocycles. The molecule has 23 heavy (non-hydrogen) atoms. The molecule has 4 nitrogen and oxygen atoms in total. The highest BCUT2D eigenvalue weighted by Gasteiger charge is 2.21. The maximum Gasteiger partial charge on any atom is 0.258 e. The molecule has 0 spiro atoms. The maximum absolute atomic E-state index is 12.7. The normalized spacial score (nSPS) is 13.0. The highest BCUT2D eigenvalue weighted by molar-refractivity contribution is 5.96. The highest BCUT2D eigenvalue weighted by Crippen LogP contribution is 2.25. The predicted molar refractivity (Wildman–Crippen MR) is 90.2 cm³/mol. The minimum atomic E-state index is -0.00951. The molecule has 0 amide bonds. The third-order valence-electron chi connectivity index (χ3n) is 4.21. The number of rotatable bonds is 5. The summed E-state index contributed by atoms with van der Waals surface area (Å²) in [4.78, 5) is 24.7. The van der Waals surface area contributed by atoms with Gasteiger partial charge in [0, 0.05) is 23.4 Å². The average molecular weight is 311 g/mol. The van der Waals surface area contributed by atoms with E-state index in [1.807, 2.05) is 24.3 Å². The third kappa shape index (κ3) is 2.93. The Bertz CT molecular complexity index is 787. The Hall–Kier alpha value is -2.36. The highest BCUT2D eigenvalue weighted by atomic mass is 16.5. The molecule has 4 heteroatoms. The second-order valence-electron chi connectivity index (χ2n) is 5.91. The van der Waals surface area contributed by atoms with Gasteiger partial charge in [-0.05, 0) is 49.9 Å². The third-order valence-corrected chi connectivity index (χ3v) is 4.21. The van der Waals surface area contributed by atoms with Crippen molar-refractivity contribution in [3.63, 3.8) is 0 Å². The molecule has 1 aliphatic rings.